The van der Waals surface area contributed by atoms with E-state index in [-0.39, 0.29) is 5.30 Å². The maximum Gasteiger partial charge on any atom is 0.383 e. The lowest BCUT2D eigenvalue weighted by atomic mass is 10.1. The van der Waals surface area contributed by atoms with Crippen molar-refractivity contribution in [2.75, 3.05) is 19.3 Å². The van der Waals surface area contributed by atoms with Crippen molar-refractivity contribution in [2.24, 2.45) is 0 Å². The Balaban J connectivity index is 2.23. The van der Waals surface area contributed by atoms with E-state index < -0.39 is 0 Å². The number of carbonyl (C=O) groups excluding carboxylic acids is 1. The molecule has 0 atom stereocenters. The van der Waals surface area contributed by atoms with Gasteiger partial charge in [-0.3, -0.25) is 0 Å². The smallest absolute Gasteiger partial charge is 0.383 e. The van der Waals surface area contributed by atoms with Crippen LogP contribution in [-0.4, -0.2) is 29.6 Å². The van der Waals surface area contributed by atoms with Crippen LogP contribution < -0.4 is 10.1 Å². The molecule has 0 aliphatic heterocycles. The minimum Gasteiger partial charge on any atom is -0.417 e. The van der Waals surface area contributed by atoms with Crippen LogP contribution in [0.5, 0.6) is 5.75 Å². The van der Waals surface area contributed by atoms with Gasteiger partial charge in [-0.2, -0.15) is 0 Å². The third kappa shape index (κ3) is 3.71. The van der Waals surface area contributed by atoms with Gasteiger partial charge >= 0.3 is 5.30 Å². The molecule has 0 radical (unpaired) electrons. The number of ether oxygens (including phenoxy) is 1. The van der Waals surface area contributed by atoms with Crippen LogP contribution in [0.15, 0.2) is 24.4 Å². The zero-order valence-corrected chi connectivity index (χ0v) is 13.2. The third-order valence-electron chi connectivity index (χ3n) is 2.83. The molecular formula is C14H18N2O2S2. The van der Waals surface area contributed by atoms with Crippen LogP contribution in [0.1, 0.15) is 12.5 Å². The van der Waals surface area contributed by atoms with E-state index in [1.165, 1.54) is 10.8 Å². The molecule has 1 aromatic carbocycles. The molecule has 108 valence electrons. The van der Waals surface area contributed by atoms with Crippen molar-refractivity contribution >= 4 is 37.8 Å². The predicted octanol–water partition coefficient (Wildman–Crippen LogP) is 3.83. The average molecular weight is 310 g/mol. The van der Waals surface area contributed by atoms with Crippen molar-refractivity contribution in [3.8, 4) is 5.75 Å². The first-order valence-corrected chi connectivity index (χ1v) is 8.83. The van der Waals surface area contributed by atoms with E-state index in [0.717, 1.165) is 46.0 Å². The fourth-order valence-corrected chi connectivity index (χ4v) is 3.06. The fraction of sp³-hybridized carbons (Fsp3) is 0.357. The van der Waals surface area contributed by atoms with Gasteiger partial charge in [0.1, 0.15) is 5.75 Å². The van der Waals surface area contributed by atoms with Gasteiger partial charge in [-0.1, -0.05) is 23.8 Å². The third-order valence-corrected chi connectivity index (χ3v) is 4.87. The lowest BCUT2D eigenvalue weighted by Crippen LogP contribution is -2.10. The lowest BCUT2D eigenvalue weighted by molar-refractivity contribution is 0.228. The molecule has 2 N–H and O–H groups in total. The highest BCUT2D eigenvalue weighted by atomic mass is 33.1. The molecule has 20 heavy (non-hydrogen) atoms. The zero-order chi connectivity index (χ0) is 14.4. The highest BCUT2D eigenvalue weighted by Crippen LogP contribution is 2.31. The van der Waals surface area contributed by atoms with E-state index in [1.54, 1.807) is 0 Å². The Bertz CT molecular complexity index is 584. The van der Waals surface area contributed by atoms with Gasteiger partial charge in [-0.15, -0.1) is 0 Å². The van der Waals surface area contributed by atoms with Gasteiger partial charge in [-0.25, -0.2) is 4.79 Å². The van der Waals surface area contributed by atoms with E-state index >= 15 is 0 Å². The molecule has 1 heterocycles. The first kappa shape index (κ1) is 15.3. The molecule has 0 fully saturated rings. The van der Waals surface area contributed by atoms with Crippen LogP contribution in [0.3, 0.4) is 0 Å². The Morgan fingerprint density at radius 3 is 3.05 bits per heavy atom. The zero-order valence-electron chi connectivity index (χ0n) is 11.6. The number of hydrogen-bond donors (Lipinski definition) is 2. The van der Waals surface area contributed by atoms with Crippen molar-refractivity contribution in [3.05, 3.63) is 30.0 Å². The molecular weight excluding hydrogens is 292 g/mol. The summed E-state index contributed by atoms with van der Waals surface area (Å²) in [5.74, 6) is 1.51. The number of nitrogens with one attached hydrogen (secondary N) is 2. The van der Waals surface area contributed by atoms with Crippen LogP contribution in [-0.2, 0) is 6.42 Å². The average Bonchev–Trinajstić information content (AvgIpc) is 2.87. The first-order valence-electron chi connectivity index (χ1n) is 6.51. The summed E-state index contributed by atoms with van der Waals surface area (Å²) in [6.45, 7) is 2.89. The molecule has 0 aliphatic carbocycles. The van der Waals surface area contributed by atoms with Crippen LogP contribution in [0, 0.1) is 0 Å². The second kappa shape index (κ2) is 7.61. The summed E-state index contributed by atoms with van der Waals surface area (Å²) in [7, 11) is 4.55. The van der Waals surface area contributed by atoms with Gasteiger partial charge in [-0.05, 0) is 37.7 Å². The van der Waals surface area contributed by atoms with Gasteiger partial charge in [0.2, 0.25) is 0 Å². The van der Waals surface area contributed by atoms with Gasteiger partial charge in [0.15, 0.2) is 0 Å². The van der Waals surface area contributed by atoms with Crippen LogP contribution in [0.2, 0.25) is 0 Å². The number of fused-ring (bicyclic) bond motifs is 1. The largest absolute Gasteiger partial charge is 0.417 e. The van der Waals surface area contributed by atoms with Crippen LogP contribution in [0.4, 0.5) is 4.79 Å². The summed E-state index contributed by atoms with van der Waals surface area (Å²) in [5, 5.41) is 3.86. The molecule has 2 rings (SSSR count). The summed E-state index contributed by atoms with van der Waals surface area (Å²) in [4.78, 5) is 15.0. The molecule has 4 nitrogen and oxygen atoms in total. The quantitative estimate of drug-likeness (QED) is 0.627. The number of carbonyl (C=O) groups is 1. The summed E-state index contributed by atoms with van der Waals surface area (Å²) in [5.41, 5.74) is 2.15. The molecule has 0 bridgehead atoms. The second-order valence-corrected chi connectivity index (χ2v) is 6.71. The predicted molar refractivity (Wildman–Crippen MR) is 87.7 cm³/mol. The number of likely N-dealkylation sites (N-methyl/N-ethyl adjacent to an activating group) is 1. The summed E-state index contributed by atoms with van der Waals surface area (Å²) < 4.78 is 5.47. The van der Waals surface area contributed by atoms with E-state index in [0.29, 0.717) is 5.75 Å². The fourth-order valence-electron chi connectivity index (χ4n) is 1.98. The number of aromatic amines is 1. The molecule has 1 aromatic heterocycles. The lowest BCUT2D eigenvalue weighted by Gasteiger charge is -2.06. The van der Waals surface area contributed by atoms with Crippen molar-refractivity contribution in [2.45, 2.75) is 13.3 Å². The Morgan fingerprint density at radius 1 is 1.45 bits per heavy atom. The van der Waals surface area contributed by atoms with Gasteiger partial charge in [0.25, 0.3) is 0 Å². The van der Waals surface area contributed by atoms with Crippen molar-refractivity contribution in [1.82, 2.24) is 10.3 Å². The monoisotopic (exact) mass is 310 g/mol. The number of H-pyrrole nitrogens is 1. The molecule has 0 saturated heterocycles. The number of rotatable bonds is 6. The first-order chi connectivity index (χ1) is 9.76. The van der Waals surface area contributed by atoms with Gasteiger partial charge in [0, 0.05) is 33.6 Å². The number of aromatic nitrogens is 1. The summed E-state index contributed by atoms with van der Waals surface area (Å²) in [6, 6.07) is 5.72. The maximum atomic E-state index is 11.8. The minimum absolute atomic E-state index is 0.273. The molecule has 0 saturated carbocycles. The van der Waals surface area contributed by atoms with Crippen molar-refractivity contribution in [3.63, 3.8) is 0 Å². The molecule has 0 spiro atoms. The molecule has 0 amide bonds. The Kier molecular flexibility index (Phi) is 5.82. The molecule has 0 unspecified atom stereocenters. The standard InChI is InChI=1S/C14H18N2O2S2/c1-3-19-20-14(17)18-12-6-4-5-11-13(12)10(9-16-11)7-8-15-2/h4-6,9,15-16H,3,7-8H2,1-2H3. The SMILES string of the molecule is CCSSC(=O)Oc1cccc2[nH]cc(CCNC)c12. The number of benzene rings is 1. The summed E-state index contributed by atoms with van der Waals surface area (Å²) in [6.07, 6.45) is 2.87. The highest BCUT2D eigenvalue weighted by molar-refractivity contribution is 8.82. The molecule has 2 aromatic rings. The second-order valence-electron chi connectivity index (χ2n) is 4.19. The Labute approximate surface area is 126 Å². The topological polar surface area (TPSA) is 54.1 Å². The van der Waals surface area contributed by atoms with Gasteiger partial charge < -0.3 is 15.0 Å². The summed E-state index contributed by atoms with van der Waals surface area (Å²) >= 11 is 0. The number of hydrogen-bond acceptors (Lipinski definition) is 5. The normalized spacial score (nSPS) is 10.9. The van der Waals surface area contributed by atoms with E-state index in [4.69, 9.17) is 4.74 Å². The van der Waals surface area contributed by atoms with Crippen LogP contribution in [0.25, 0.3) is 10.9 Å². The van der Waals surface area contributed by atoms with E-state index in [2.05, 4.69) is 10.3 Å². The van der Waals surface area contributed by atoms with Gasteiger partial charge in [0.05, 0.1) is 0 Å². The van der Waals surface area contributed by atoms with Crippen molar-refractivity contribution < 1.29 is 9.53 Å². The van der Waals surface area contributed by atoms with E-state index in [9.17, 15) is 4.79 Å². The van der Waals surface area contributed by atoms with Crippen LogP contribution >= 0.6 is 21.6 Å². The Morgan fingerprint density at radius 2 is 2.30 bits per heavy atom. The minimum atomic E-state index is -0.273. The van der Waals surface area contributed by atoms with E-state index in [1.807, 2.05) is 38.4 Å². The molecule has 0 aliphatic rings. The Hall–Kier alpha value is -1.11. The highest BCUT2D eigenvalue weighted by Gasteiger charge is 2.13. The maximum absolute atomic E-state index is 11.8. The van der Waals surface area contributed by atoms with Crippen molar-refractivity contribution in [1.29, 1.82) is 0 Å². The molecule has 6 heteroatoms.